The molecule has 3 nitrogen and oxygen atoms in total. The molecule has 0 radical (unpaired) electrons. The summed E-state index contributed by atoms with van der Waals surface area (Å²) in [6.07, 6.45) is 8.08. The predicted octanol–water partition coefficient (Wildman–Crippen LogP) is 4.13. The van der Waals surface area contributed by atoms with Crippen LogP contribution in [0.4, 0.5) is 0 Å². The monoisotopic (exact) mass is 362 g/mol. The van der Waals surface area contributed by atoms with Crippen LogP contribution in [-0.4, -0.2) is 28.7 Å². The van der Waals surface area contributed by atoms with E-state index < -0.39 is 11.5 Å². The summed E-state index contributed by atoms with van der Waals surface area (Å²) in [7, 11) is 0. The van der Waals surface area contributed by atoms with Crippen molar-refractivity contribution in [3.05, 3.63) is 22.8 Å². The zero-order valence-corrected chi connectivity index (χ0v) is 15.8. The molecule has 0 aromatic carbocycles. The van der Waals surface area contributed by atoms with Gasteiger partial charge in [-0.25, -0.2) is 0 Å². The van der Waals surface area contributed by atoms with Gasteiger partial charge in [0.25, 0.3) is 0 Å². The molecule has 0 aromatic rings. The molecule has 1 heterocycles. The van der Waals surface area contributed by atoms with Gasteiger partial charge in [-0.3, -0.25) is 4.79 Å². The fourth-order valence-corrected chi connectivity index (χ4v) is 7.26. The highest BCUT2D eigenvalue weighted by Crippen LogP contribution is 2.65. The average Bonchev–Trinajstić information content (AvgIpc) is 3.08. The third-order valence-electron chi connectivity index (χ3n) is 8.30. The predicted molar refractivity (Wildman–Crippen MR) is 96.1 cm³/mol. The Morgan fingerprint density at radius 1 is 1.40 bits per heavy atom. The number of esters is 1. The molecule has 5 rings (SSSR count). The zero-order valence-electron chi connectivity index (χ0n) is 15.1. The van der Waals surface area contributed by atoms with Crippen molar-refractivity contribution in [3.8, 4) is 0 Å². The Morgan fingerprint density at radius 3 is 2.96 bits per heavy atom. The molecule has 1 N–H and O–H groups in total. The molecule has 25 heavy (non-hydrogen) atoms. The Bertz CT molecular complexity index is 710. The van der Waals surface area contributed by atoms with E-state index in [9.17, 15) is 9.90 Å². The number of allylic oxidation sites excluding steroid dienone is 2. The van der Waals surface area contributed by atoms with E-state index in [0.29, 0.717) is 23.7 Å². The number of aliphatic hydroxyl groups is 1. The molecule has 1 aliphatic heterocycles. The van der Waals surface area contributed by atoms with Gasteiger partial charge in [-0.05, 0) is 61.3 Å². The highest BCUT2D eigenvalue weighted by Gasteiger charge is 2.66. The zero-order chi connectivity index (χ0) is 17.6. The lowest BCUT2D eigenvalue weighted by atomic mass is 9.51. The minimum atomic E-state index is -0.694. The van der Waals surface area contributed by atoms with Crippen molar-refractivity contribution < 1.29 is 14.6 Å². The van der Waals surface area contributed by atoms with Crippen molar-refractivity contribution in [1.82, 2.24) is 0 Å². The average molecular weight is 363 g/mol. The summed E-state index contributed by atoms with van der Waals surface area (Å²) in [5.41, 5.74) is 4.02. The van der Waals surface area contributed by atoms with E-state index in [1.807, 2.05) is 6.08 Å². The Labute approximate surface area is 154 Å². The van der Waals surface area contributed by atoms with Gasteiger partial charge < -0.3 is 9.84 Å². The van der Waals surface area contributed by atoms with E-state index in [1.165, 1.54) is 19.3 Å². The van der Waals surface area contributed by atoms with Gasteiger partial charge in [0, 0.05) is 6.42 Å². The number of ether oxygens (including phenoxy) is 1. The van der Waals surface area contributed by atoms with Gasteiger partial charge in [0.2, 0.25) is 0 Å². The molecule has 4 aliphatic carbocycles. The molecule has 4 heteroatoms. The highest BCUT2D eigenvalue weighted by atomic mass is 35.5. The number of carbonyl (C=O) groups is 1. The minimum Gasteiger partial charge on any atom is -0.459 e. The molecule has 7 unspecified atom stereocenters. The fourth-order valence-electron chi connectivity index (χ4n) is 6.80. The SMILES string of the molecule is CCC1(C)CCC2=C1CCC1C2CC(Cl)C2=CC(O)C3CC21C(=O)O3. The topological polar surface area (TPSA) is 46.5 Å². The molecule has 0 amide bonds. The van der Waals surface area contributed by atoms with Crippen molar-refractivity contribution in [2.45, 2.75) is 76.4 Å². The Hall–Kier alpha value is -0.800. The lowest BCUT2D eigenvalue weighted by Gasteiger charge is -2.51. The van der Waals surface area contributed by atoms with Crippen LogP contribution in [0.25, 0.3) is 0 Å². The second-order valence-corrected chi connectivity index (χ2v) is 9.63. The number of hydrogen-bond acceptors (Lipinski definition) is 3. The largest absolute Gasteiger partial charge is 0.459 e. The summed E-state index contributed by atoms with van der Waals surface area (Å²) in [5.74, 6) is 0.593. The van der Waals surface area contributed by atoms with Crippen molar-refractivity contribution >= 4 is 17.6 Å². The summed E-state index contributed by atoms with van der Waals surface area (Å²) in [6, 6.07) is 0. The van der Waals surface area contributed by atoms with Gasteiger partial charge >= 0.3 is 5.97 Å². The molecule has 2 bridgehead atoms. The minimum absolute atomic E-state index is 0.124. The van der Waals surface area contributed by atoms with Crippen LogP contribution >= 0.6 is 11.6 Å². The van der Waals surface area contributed by atoms with Gasteiger partial charge in [0.05, 0.1) is 10.8 Å². The second-order valence-electron chi connectivity index (χ2n) is 9.10. The molecule has 1 saturated carbocycles. The van der Waals surface area contributed by atoms with Gasteiger partial charge in [0.15, 0.2) is 0 Å². The van der Waals surface area contributed by atoms with E-state index in [2.05, 4.69) is 13.8 Å². The first-order valence-corrected chi connectivity index (χ1v) is 10.3. The molecule has 5 aliphatic rings. The van der Waals surface area contributed by atoms with Crippen LogP contribution < -0.4 is 0 Å². The van der Waals surface area contributed by atoms with Crippen molar-refractivity contribution in [2.75, 3.05) is 0 Å². The molecule has 7 atom stereocenters. The van der Waals surface area contributed by atoms with Crippen LogP contribution in [0.15, 0.2) is 22.8 Å². The molecular formula is C21H27ClO3. The Kier molecular flexibility index (Phi) is 3.36. The summed E-state index contributed by atoms with van der Waals surface area (Å²) in [6.45, 7) is 4.71. The third kappa shape index (κ3) is 1.89. The lowest BCUT2D eigenvalue weighted by Crippen LogP contribution is -2.51. The number of rotatable bonds is 1. The smallest absolute Gasteiger partial charge is 0.317 e. The number of fused-ring (bicyclic) bond motifs is 3. The van der Waals surface area contributed by atoms with Crippen LogP contribution in [0.5, 0.6) is 0 Å². The van der Waals surface area contributed by atoms with E-state index in [-0.39, 0.29) is 17.5 Å². The van der Waals surface area contributed by atoms with Crippen molar-refractivity contribution in [1.29, 1.82) is 0 Å². The second kappa shape index (κ2) is 5.13. The lowest BCUT2D eigenvalue weighted by molar-refractivity contribution is -0.152. The first kappa shape index (κ1) is 16.4. The van der Waals surface area contributed by atoms with Crippen LogP contribution in [-0.2, 0) is 9.53 Å². The summed E-state index contributed by atoms with van der Waals surface area (Å²) in [5, 5.41) is 10.1. The van der Waals surface area contributed by atoms with E-state index in [4.69, 9.17) is 16.3 Å². The standard InChI is InChI=1S/C21H27ClO3/c1-3-20(2)7-6-11-12-8-16(22)15-9-17(23)18-10-21(15,19(24)25-18)14(12)5-4-13(11)20/h9,12,14,16-18,23H,3-8,10H2,1-2H3. The summed E-state index contributed by atoms with van der Waals surface area (Å²) in [4.78, 5) is 13.0. The van der Waals surface area contributed by atoms with Crippen molar-refractivity contribution in [2.24, 2.45) is 22.7 Å². The van der Waals surface area contributed by atoms with Crippen molar-refractivity contribution in [3.63, 3.8) is 0 Å². The van der Waals surface area contributed by atoms with E-state index >= 15 is 0 Å². The molecule has 136 valence electrons. The maximum atomic E-state index is 13.0. The number of hydrogen-bond donors (Lipinski definition) is 1. The number of carbonyl (C=O) groups excluding carboxylic acids is 1. The quantitative estimate of drug-likeness (QED) is 0.433. The molecule has 1 spiro atoms. The third-order valence-corrected chi connectivity index (χ3v) is 8.72. The van der Waals surface area contributed by atoms with Gasteiger partial charge in [0.1, 0.15) is 12.2 Å². The Morgan fingerprint density at radius 2 is 2.20 bits per heavy atom. The number of aliphatic hydroxyl groups excluding tert-OH is 1. The van der Waals surface area contributed by atoms with Crippen LogP contribution in [0, 0.1) is 22.7 Å². The molecule has 2 fully saturated rings. The van der Waals surface area contributed by atoms with Crippen LogP contribution in [0.2, 0.25) is 0 Å². The molecule has 0 aromatic heterocycles. The van der Waals surface area contributed by atoms with Crippen LogP contribution in [0.3, 0.4) is 0 Å². The maximum absolute atomic E-state index is 13.0. The summed E-state index contributed by atoms with van der Waals surface area (Å²) >= 11 is 6.81. The molecule has 1 saturated heterocycles. The van der Waals surface area contributed by atoms with Gasteiger partial charge in [-0.15, -0.1) is 11.6 Å². The van der Waals surface area contributed by atoms with E-state index in [1.54, 1.807) is 11.1 Å². The van der Waals surface area contributed by atoms with E-state index in [0.717, 1.165) is 24.8 Å². The normalized spacial score (nSPS) is 50.8. The highest BCUT2D eigenvalue weighted by molar-refractivity contribution is 6.23. The van der Waals surface area contributed by atoms with Gasteiger partial charge in [-0.1, -0.05) is 31.1 Å². The van der Waals surface area contributed by atoms with Crippen LogP contribution in [0.1, 0.15) is 58.8 Å². The first-order valence-electron chi connectivity index (χ1n) is 9.88. The Balaban J connectivity index is 1.62. The summed E-state index contributed by atoms with van der Waals surface area (Å²) < 4.78 is 5.61. The first-order chi connectivity index (χ1) is 11.9. The van der Waals surface area contributed by atoms with Gasteiger partial charge in [-0.2, -0.15) is 0 Å². The fraction of sp³-hybridized carbons (Fsp3) is 0.762. The maximum Gasteiger partial charge on any atom is 0.317 e. The number of halogens is 1. The molecular weight excluding hydrogens is 336 g/mol. The number of alkyl halides is 1.